The fourth-order valence-electron chi connectivity index (χ4n) is 5.59. The molecule has 1 unspecified atom stereocenters. The van der Waals surface area contributed by atoms with Crippen molar-refractivity contribution >= 4 is 11.8 Å². The van der Waals surface area contributed by atoms with Crippen molar-refractivity contribution in [2.24, 2.45) is 5.41 Å². The summed E-state index contributed by atoms with van der Waals surface area (Å²) in [6, 6.07) is 20.2. The molecule has 1 atom stereocenters. The van der Waals surface area contributed by atoms with Crippen molar-refractivity contribution in [2.75, 3.05) is 27.3 Å². The molecule has 1 aliphatic carbocycles. The van der Waals surface area contributed by atoms with E-state index in [1.807, 2.05) is 54.3 Å². The Labute approximate surface area is 217 Å². The molecular weight excluding hydrogens is 468 g/mol. The van der Waals surface area contributed by atoms with Crippen molar-refractivity contribution in [1.82, 2.24) is 10.2 Å². The standard InChI is InChI=1S/C30H32N2O5/c1-20-25(35-2)16-21(17-26(20)36-3)29(34)32-18-30(19-32)15-9-14-27(30)31-28(33)23-12-7-8-13-24(23)37-22-10-5-4-6-11-22/h4-8,10-13,16-17,27H,9,14-15,18-19H2,1-3H3,(H,31,33). The van der Waals surface area contributed by atoms with Gasteiger partial charge in [0.2, 0.25) is 0 Å². The Kier molecular flexibility index (Phi) is 6.78. The number of carbonyl (C=O) groups excluding carboxylic acids is 2. The number of benzene rings is 3. The molecule has 0 aromatic heterocycles. The predicted octanol–water partition coefficient (Wildman–Crippen LogP) is 5.23. The van der Waals surface area contributed by atoms with Gasteiger partial charge in [-0.05, 0) is 56.2 Å². The minimum atomic E-state index is -0.157. The molecule has 2 aliphatic rings. The lowest BCUT2D eigenvalue weighted by molar-refractivity contribution is -0.00439. The van der Waals surface area contributed by atoms with Crippen molar-refractivity contribution in [3.63, 3.8) is 0 Å². The summed E-state index contributed by atoms with van der Waals surface area (Å²) in [6.07, 6.45) is 2.88. The number of nitrogens with one attached hydrogen (secondary N) is 1. The summed E-state index contributed by atoms with van der Waals surface area (Å²) in [7, 11) is 3.17. The summed E-state index contributed by atoms with van der Waals surface area (Å²) in [6.45, 7) is 3.12. The number of nitrogens with zero attached hydrogens (tertiary/aromatic N) is 1. The van der Waals surface area contributed by atoms with Crippen molar-refractivity contribution in [2.45, 2.75) is 32.2 Å². The van der Waals surface area contributed by atoms with Crippen LogP contribution >= 0.6 is 0 Å². The molecule has 1 spiro atoms. The smallest absolute Gasteiger partial charge is 0.255 e. The highest BCUT2D eigenvalue weighted by Crippen LogP contribution is 2.46. The molecule has 2 amide bonds. The van der Waals surface area contributed by atoms with Gasteiger partial charge in [-0.1, -0.05) is 36.8 Å². The summed E-state index contributed by atoms with van der Waals surface area (Å²) in [5, 5.41) is 3.26. The first-order valence-electron chi connectivity index (χ1n) is 12.6. The molecule has 3 aromatic carbocycles. The third-order valence-corrected chi connectivity index (χ3v) is 7.61. The highest BCUT2D eigenvalue weighted by molar-refractivity contribution is 5.98. The summed E-state index contributed by atoms with van der Waals surface area (Å²) in [4.78, 5) is 28.5. The monoisotopic (exact) mass is 500 g/mol. The average Bonchev–Trinajstić information content (AvgIpc) is 3.32. The third kappa shape index (κ3) is 4.73. The lowest BCUT2D eigenvalue weighted by Gasteiger charge is -2.51. The predicted molar refractivity (Wildman–Crippen MR) is 141 cm³/mol. The van der Waals surface area contributed by atoms with Gasteiger partial charge in [0.1, 0.15) is 23.0 Å². The maximum Gasteiger partial charge on any atom is 0.255 e. The Morgan fingerprint density at radius 3 is 2.24 bits per heavy atom. The summed E-state index contributed by atoms with van der Waals surface area (Å²) in [5.41, 5.74) is 1.79. The van der Waals surface area contributed by atoms with Crippen LogP contribution in [0.15, 0.2) is 66.7 Å². The van der Waals surface area contributed by atoms with Gasteiger partial charge in [-0.2, -0.15) is 0 Å². The Morgan fingerprint density at radius 1 is 0.919 bits per heavy atom. The van der Waals surface area contributed by atoms with Gasteiger partial charge >= 0.3 is 0 Å². The minimum absolute atomic E-state index is 0.00378. The minimum Gasteiger partial charge on any atom is -0.496 e. The number of hydrogen-bond donors (Lipinski definition) is 1. The van der Waals surface area contributed by atoms with Crippen molar-refractivity contribution < 1.29 is 23.8 Å². The molecule has 0 radical (unpaired) electrons. The topological polar surface area (TPSA) is 77.1 Å². The van der Waals surface area contributed by atoms with E-state index in [-0.39, 0.29) is 23.3 Å². The number of amides is 2. The van der Waals surface area contributed by atoms with Crippen LogP contribution in [0.5, 0.6) is 23.0 Å². The van der Waals surface area contributed by atoms with Crippen molar-refractivity contribution in [1.29, 1.82) is 0 Å². The Morgan fingerprint density at radius 2 is 1.57 bits per heavy atom. The van der Waals surface area contributed by atoms with Gasteiger partial charge in [0.05, 0.1) is 19.8 Å². The van der Waals surface area contributed by atoms with E-state index >= 15 is 0 Å². The van der Waals surface area contributed by atoms with Crippen LogP contribution in [0.3, 0.4) is 0 Å². The van der Waals surface area contributed by atoms with E-state index in [4.69, 9.17) is 14.2 Å². The molecule has 37 heavy (non-hydrogen) atoms. The molecule has 0 bridgehead atoms. The second-order valence-electron chi connectivity index (χ2n) is 9.86. The number of methoxy groups -OCH3 is 2. The normalized spacial score (nSPS) is 17.7. The quantitative estimate of drug-likeness (QED) is 0.481. The van der Waals surface area contributed by atoms with Crippen LogP contribution < -0.4 is 19.5 Å². The highest BCUT2D eigenvalue weighted by atomic mass is 16.5. The fourth-order valence-corrected chi connectivity index (χ4v) is 5.59. The number of para-hydroxylation sites is 2. The average molecular weight is 501 g/mol. The van der Waals surface area contributed by atoms with E-state index in [1.165, 1.54) is 0 Å². The van der Waals surface area contributed by atoms with Crippen LogP contribution in [0.4, 0.5) is 0 Å². The Hall–Kier alpha value is -4.00. The molecule has 1 N–H and O–H groups in total. The zero-order chi connectivity index (χ0) is 26.0. The second-order valence-corrected chi connectivity index (χ2v) is 9.86. The van der Waals surface area contributed by atoms with E-state index in [1.54, 1.807) is 38.5 Å². The maximum absolute atomic E-state index is 13.3. The summed E-state index contributed by atoms with van der Waals surface area (Å²) < 4.78 is 16.9. The zero-order valence-corrected chi connectivity index (χ0v) is 21.5. The van der Waals surface area contributed by atoms with Gasteiger partial charge in [-0.3, -0.25) is 9.59 Å². The molecule has 3 aromatic rings. The molecule has 2 fully saturated rings. The second kappa shape index (κ2) is 10.2. The molecule has 5 rings (SSSR count). The van der Waals surface area contributed by atoms with Gasteiger partial charge in [-0.25, -0.2) is 0 Å². The Bertz CT molecular complexity index is 1280. The number of carbonyl (C=O) groups is 2. The lowest BCUT2D eigenvalue weighted by Crippen LogP contribution is -2.64. The first-order valence-corrected chi connectivity index (χ1v) is 12.6. The SMILES string of the molecule is COc1cc(C(=O)N2CC3(CCCC3NC(=O)c3ccccc3Oc3ccccc3)C2)cc(OC)c1C. The van der Waals surface area contributed by atoms with Gasteiger partial charge < -0.3 is 24.4 Å². The van der Waals surface area contributed by atoms with E-state index in [2.05, 4.69) is 5.32 Å². The Balaban J connectivity index is 1.28. The first kappa shape index (κ1) is 24.7. The largest absolute Gasteiger partial charge is 0.496 e. The van der Waals surface area contributed by atoms with Crippen LogP contribution in [0.1, 0.15) is 45.5 Å². The fraction of sp³-hybridized carbons (Fsp3) is 0.333. The maximum atomic E-state index is 13.3. The number of hydrogen-bond acceptors (Lipinski definition) is 5. The first-order chi connectivity index (χ1) is 17.9. The van der Waals surface area contributed by atoms with Gasteiger partial charge in [0.25, 0.3) is 11.8 Å². The van der Waals surface area contributed by atoms with E-state index < -0.39 is 0 Å². The molecule has 192 valence electrons. The molecule has 7 nitrogen and oxygen atoms in total. The molecule has 1 saturated carbocycles. The van der Waals surface area contributed by atoms with E-state index in [0.717, 1.165) is 24.8 Å². The zero-order valence-electron chi connectivity index (χ0n) is 21.5. The van der Waals surface area contributed by atoms with Gasteiger partial charge in [0, 0.05) is 35.7 Å². The molecular formula is C30H32N2O5. The number of ether oxygens (including phenoxy) is 3. The summed E-state index contributed by atoms with van der Waals surface area (Å²) in [5.74, 6) is 2.24. The van der Waals surface area contributed by atoms with Crippen LogP contribution in [0, 0.1) is 12.3 Å². The van der Waals surface area contributed by atoms with Crippen LogP contribution in [0.2, 0.25) is 0 Å². The number of rotatable bonds is 7. The molecule has 1 saturated heterocycles. The summed E-state index contributed by atoms with van der Waals surface area (Å²) >= 11 is 0. The molecule has 1 aliphatic heterocycles. The van der Waals surface area contributed by atoms with Crippen LogP contribution in [-0.4, -0.2) is 50.1 Å². The molecule has 1 heterocycles. The lowest BCUT2D eigenvalue weighted by atomic mass is 9.74. The highest BCUT2D eigenvalue weighted by Gasteiger charge is 2.53. The van der Waals surface area contributed by atoms with Crippen molar-refractivity contribution in [3.05, 3.63) is 83.4 Å². The van der Waals surface area contributed by atoms with Gasteiger partial charge in [-0.15, -0.1) is 0 Å². The van der Waals surface area contributed by atoms with Crippen LogP contribution in [0.25, 0.3) is 0 Å². The number of likely N-dealkylation sites (tertiary alicyclic amines) is 1. The van der Waals surface area contributed by atoms with Crippen LogP contribution in [-0.2, 0) is 0 Å². The van der Waals surface area contributed by atoms with Gasteiger partial charge in [0.15, 0.2) is 0 Å². The third-order valence-electron chi connectivity index (χ3n) is 7.61. The van der Waals surface area contributed by atoms with E-state index in [9.17, 15) is 9.59 Å². The molecule has 7 heteroatoms. The van der Waals surface area contributed by atoms with Crippen molar-refractivity contribution in [3.8, 4) is 23.0 Å². The van der Waals surface area contributed by atoms with E-state index in [0.29, 0.717) is 47.2 Å².